The molecule has 7 heteroatoms. The molecule has 0 aliphatic rings. The van der Waals surface area contributed by atoms with Gasteiger partial charge in [-0.3, -0.25) is 13.6 Å². The van der Waals surface area contributed by atoms with Gasteiger partial charge in [-0.1, -0.05) is 0 Å². The third-order valence-electron chi connectivity index (χ3n) is 1.18. The first-order valence-corrected chi connectivity index (χ1v) is 6.86. The Balaban J connectivity index is 4.02. The number of alkyl halides is 1. The molecule has 0 bridgehead atoms. The van der Waals surface area contributed by atoms with Crippen LogP contribution in [0.25, 0.3) is 0 Å². The summed E-state index contributed by atoms with van der Waals surface area (Å²) in [6.07, 6.45) is 0. The Morgan fingerprint density at radius 2 is 1.79 bits per heavy atom. The number of thiol groups is 1. The predicted octanol–water partition coefficient (Wildman–Crippen LogP) is 2.72. The number of phosphoric ester groups is 1. The van der Waals surface area contributed by atoms with Crippen molar-refractivity contribution >= 4 is 32.1 Å². The van der Waals surface area contributed by atoms with E-state index in [2.05, 4.69) is 12.6 Å². The average Bonchev–Trinajstić information content (AvgIpc) is 2.15. The zero-order chi connectivity index (χ0) is 11.0. The van der Waals surface area contributed by atoms with Gasteiger partial charge in [-0.2, -0.15) is 12.6 Å². The molecule has 14 heavy (non-hydrogen) atoms. The van der Waals surface area contributed by atoms with E-state index in [-0.39, 0.29) is 25.1 Å². The van der Waals surface area contributed by atoms with E-state index in [1.165, 1.54) is 0 Å². The van der Waals surface area contributed by atoms with Crippen molar-refractivity contribution in [2.75, 3.05) is 25.7 Å². The van der Waals surface area contributed by atoms with Gasteiger partial charge in [0.1, 0.15) is 0 Å². The summed E-state index contributed by atoms with van der Waals surface area (Å²) in [5.74, 6) is 0.321. The summed E-state index contributed by atoms with van der Waals surface area (Å²) in [6.45, 7) is 4.12. The Morgan fingerprint density at radius 1 is 1.29 bits per heavy atom. The average molecular weight is 263 g/mol. The minimum atomic E-state index is -3.39. The van der Waals surface area contributed by atoms with Crippen LogP contribution in [0.15, 0.2) is 0 Å². The highest BCUT2D eigenvalue weighted by Crippen LogP contribution is 2.49. The molecule has 0 saturated carbocycles. The molecule has 1 atom stereocenters. The van der Waals surface area contributed by atoms with E-state index >= 15 is 0 Å². The fourth-order valence-electron chi connectivity index (χ4n) is 0.650. The highest BCUT2D eigenvalue weighted by molar-refractivity contribution is 7.81. The molecule has 0 aliphatic heterocycles. The van der Waals surface area contributed by atoms with Crippen LogP contribution >= 0.6 is 32.1 Å². The molecule has 0 N–H and O–H groups in total. The number of hydrogen-bond acceptors (Lipinski definition) is 5. The minimum absolute atomic E-state index is 0.143. The van der Waals surface area contributed by atoms with Crippen molar-refractivity contribution in [2.45, 2.75) is 19.1 Å². The van der Waals surface area contributed by atoms with Gasteiger partial charge in [0.05, 0.1) is 19.8 Å². The van der Waals surface area contributed by atoms with Crippen LogP contribution in [0, 0.1) is 0 Å². The standard InChI is InChI=1S/C7H16ClO4PS/c1-3-10-13(9,11-4-2)12-6-7(14)5-8/h7,14H,3-6H2,1-2H3. The van der Waals surface area contributed by atoms with Crippen LogP contribution < -0.4 is 0 Å². The maximum absolute atomic E-state index is 11.7. The van der Waals surface area contributed by atoms with Gasteiger partial charge >= 0.3 is 7.82 Å². The summed E-state index contributed by atoms with van der Waals surface area (Å²) in [5, 5.41) is -0.175. The maximum Gasteiger partial charge on any atom is 0.474 e. The Bertz CT molecular complexity index is 183. The lowest BCUT2D eigenvalue weighted by Gasteiger charge is -2.17. The Labute approximate surface area is 95.3 Å². The molecule has 0 saturated heterocycles. The molecule has 0 aromatic heterocycles. The molecular formula is C7H16ClO4PS. The first-order valence-electron chi connectivity index (χ1n) is 4.35. The molecule has 1 unspecified atom stereocenters. The van der Waals surface area contributed by atoms with Gasteiger partial charge < -0.3 is 0 Å². The second kappa shape index (κ2) is 7.97. The number of halogens is 1. The van der Waals surface area contributed by atoms with Crippen LogP contribution in [-0.2, 0) is 18.1 Å². The summed E-state index contributed by atoms with van der Waals surface area (Å²) in [4.78, 5) is 0. The highest BCUT2D eigenvalue weighted by Gasteiger charge is 2.25. The van der Waals surface area contributed by atoms with Crippen molar-refractivity contribution in [3.05, 3.63) is 0 Å². The van der Waals surface area contributed by atoms with Gasteiger partial charge in [0.2, 0.25) is 0 Å². The van der Waals surface area contributed by atoms with Gasteiger partial charge in [-0.05, 0) is 13.8 Å². The summed E-state index contributed by atoms with van der Waals surface area (Å²) >= 11 is 9.60. The van der Waals surface area contributed by atoms with E-state index in [4.69, 9.17) is 25.2 Å². The van der Waals surface area contributed by atoms with Crippen LogP contribution in [0.2, 0.25) is 0 Å². The van der Waals surface area contributed by atoms with Crippen LogP contribution in [-0.4, -0.2) is 31.0 Å². The first-order chi connectivity index (χ1) is 6.58. The molecule has 86 valence electrons. The van der Waals surface area contributed by atoms with Crippen LogP contribution in [0.3, 0.4) is 0 Å². The fourth-order valence-corrected chi connectivity index (χ4v) is 2.15. The van der Waals surface area contributed by atoms with Gasteiger partial charge in [-0.15, -0.1) is 11.6 Å². The molecule has 0 rings (SSSR count). The van der Waals surface area contributed by atoms with Crippen molar-refractivity contribution in [1.29, 1.82) is 0 Å². The molecular weight excluding hydrogens is 247 g/mol. The smallest absolute Gasteiger partial charge is 0.287 e. The van der Waals surface area contributed by atoms with Crippen LogP contribution in [0.4, 0.5) is 0 Å². The fraction of sp³-hybridized carbons (Fsp3) is 1.00. The van der Waals surface area contributed by atoms with Crippen molar-refractivity contribution in [1.82, 2.24) is 0 Å². The normalized spacial score (nSPS) is 14.3. The van der Waals surface area contributed by atoms with Gasteiger partial charge in [0, 0.05) is 11.1 Å². The molecule has 0 aromatic rings. The molecule has 0 aliphatic carbocycles. The van der Waals surface area contributed by atoms with Crippen molar-refractivity contribution in [2.24, 2.45) is 0 Å². The Hall–Kier alpha value is 0.750. The summed E-state index contributed by atoms with van der Waals surface area (Å²) < 4.78 is 26.5. The minimum Gasteiger partial charge on any atom is -0.287 e. The van der Waals surface area contributed by atoms with Crippen molar-refractivity contribution < 1.29 is 18.1 Å². The highest BCUT2D eigenvalue weighted by atomic mass is 35.5. The van der Waals surface area contributed by atoms with Crippen LogP contribution in [0.1, 0.15) is 13.8 Å². The first kappa shape index (κ1) is 14.8. The topological polar surface area (TPSA) is 44.8 Å². The largest absolute Gasteiger partial charge is 0.474 e. The summed E-state index contributed by atoms with van der Waals surface area (Å²) in [7, 11) is -3.39. The van der Waals surface area contributed by atoms with Gasteiger partial charge in [-0.25, -0.2) is 4.57 Å². The van der Waals surface area contributed by atoms with E-state index in [9.17, 15) is 4.57 Å². The third kappa shape index (κ3) is 6.27. The predicted molar refractivity (Wildman–Crippen MR) is 60.3 cm³/mol. The zero-order valence-electron chi connectivity index (χ0n) is 8.31. The Morgan fingerprint density at radius 3 is 2.14 bits per heavy atom. The second-order valence-electron chi connectivity index (χ2n) is 2.39. The van der Waals surface area contributed by atoms with E-state index in [1.807, 2.05) is 0 Å². The van der Waals surface area contributed by atoms with Crippen molar-refractivity contribution in [3.63, 3.8) is 0 Å². The van der Waals surface area contributed by atoms with Crippen molar-refractivity contribution in [3.8, 4) is 0 Å². The lowest BCUT2D eigenvalue weighted by atomic mass is 10.5. The van der Waals surface area contributed by atoms with E-state index < -0.39 is 7.82 Å². The van der Waals surface area contributed by atoms with E-state index in [0.717, 1.165) is 0 Å². The molecule has 0 spiro atoms. The molecule has 0 fully saturated rings. The summed E-state index contributed by atoms with van der Waals surface area (Å²) in [6, 6.07) is 0. The zero-order valence-corrected chi connectivity index (χ0v) is 10.9. The summed E-state index contributed by atoms with van der Waals surface area (Å²) in [5.41, 5.74) is 0. The molecule has 4 nitrogen and oxygen atoms in total. The molecule has 0 radical (unpaired) electrons. The SMILES string of the molecule is CCOP(=O)(OCC)OCC(S)CCl. The quantitative estimate of drug-likeness (QED) is 0.415. The molecule has 0 aromatic carbocycles. The second-order valence-corrected chi connectivity index (χ2v) is 5.09. The lowest BCUT2D eigenvalue weighted by Crippen LogP contribution is -2.11. The number of rotatable bonds is 8. The molecule has 0 heterocycles. The monoisotopic (exact) mass is 262 g/mol. The van der Waals surface area contributed by atoms with Crippen LogP contribution in [0.5, 0.6) is 0 Å². The lowest BCUT2D eigenvalue weighted by molar-refractivity contribution is 0.123. The third-order valence-corrected chi connectivity index (χ3v) is 3.71. The Kier molecular flexibility index (Phi) is 8.39. The molecule has 0 amide bonds. The maximum atomic E-state index is 11.7. The van der Waals surface area contributed by atoms with Gasteiger partial charge in [0.15, 0.2) is 0 Å². The van der Waals surface area contributed by atoms with E-state index in [0.29, 0.717) is 5.88 Å². The van der Waals surface area contributed by atoms with Gasteiger partial charge in [0.25, 0.3) is 0 Å². The van der Waals surface area contributed by atoms with E-state index in [1.54, 1.807) is 13.8 Å². The number of phosphoric acid groups is 1. The number of hydrogen-bond donors (Lipinski definition) is 1.